The van der Waals surface area contributed by atoms with Crippen molar-refractivity contribution in [3.63, 3.8) is 0 Å². The van der Waals surface area contributed by atoms with Crippen molar-refractivity contribution in [1.29, 1.82) is 0 Å². The van der Waals surface area contributed by atoms with Crippen LogP contribution in [0.5, 0.6) is 5.75 Å². The van der Waals surface area contributed by atoms with Crippen LogP contribution in [0.3, 0.4) is 0 Å². The third-order valence-corrected chi connectivity index (χ3v) is 3.26. The van der Waals surface area contributed by atoms with Gasteiger partial charge in [-0.3, -0.25) is 4.79 Å². The zero-order chi connectivity index (χ0) is 17.4. The van der Waals surface area contributed by atoms with Crippen LogP contribution in [-0.4, -0.2) is 29.8 Å². The molecule has 0 aliphatic heterocycles. The zero-order valence-electron chi connectivity index (χ0n) is 13.2. The Kier molecular flexibility index (Phi) is 6.08. The summed E-state index contributed by atoms with van der Waals surface area (Å²) in [7, 11) is 0. The Morgan fingerprint density at radius 2 is 1.79 bits per heavy atom. The van der Waals surface area contributed by atoms with E-state index in [0.29, 0.717) is 11.3 Å². The van der Waals surface area contributed by atoms with Crippen molar-refractivity contribution in [3.05, 3.63) is 65.2 Å². The fourth-order valence-corrected chi connectivity index (χ4v) is 1.89. The number of hydrogen-bond donors (Lipinski definition) is 2. The summed E-state index contributed by atoms with van der Waals surface area (Å²) in [5, 5.41) is 12.6. The lowest BCUT2D eigenvalue weighted by Crippen LogP contribution is -2.24. The molecule has 0 fully saturated rings. The SMILES string of the molecule is CCc1ccc(OCC(=O)N/N=C/c2ccc(C(=O)O)cc2)cc1. The Hall–Kier alpha value is -3.15. The van der Waals surface area contributed by atoms with E-state index >= 15 is 0 Å². The molecule has 0 aromatic heterocycles. The van der Waals surface area contributed by atoms with E-state index in [1.54, 1.807) is 12.1 Å². The van der Waals surface area contributed by atoms with Crippen LogP contribution in [0.4, 0.5) is 0 Å². The van der Waals surface area contributed by atoms with Crippen molar-refractivity contribution in [1.82, 2.24) is 5.43 Å². The number of hydrazone groups is 1. The van der Waals surface area contributed by atoms with E-state index in [4.69, 9.17) is 9.84 Å². The molecule has 0 saturated heterocycles. The number of benzene rings is 2. The fourth-order valence-electron chi connectivity index (χ4n) is 1.89. The third kappa shape index (κ3) is 5.24. The minimum absolute atomic E-state index is 0.138. The maximum atomic E-state index is 11.6. The molecule has 2 aromatic carbocycles. The van der Waals surface area contributed by atoms with Crippen LogP contribution in [0.2, 0.25) is 0 Å². The van der Waals surface area contributed by atoms with Crippen LogP contribution < -0.4 is 10.2 Å². The molecule has 2 rings (SSSR count). The number of ether oxygens (including phenoxy) is 1. The van der Waals surface area contributed by atoms with Gasteiger partial charge in [-0.05, 0) is 41.8 Å². The molecule has 0 aliphatic carbocycles. The van der Waals surface area contributed by atoms with Crippen LogP contribution >= 0.6 is 0 Å². The molecule has 2 aromatic rings. The van der Waals surface area contributed by atoms with Gasteiger partial charge in [-0.25, -0.2) is 10.2 Å². The van der Waals surface area contributed by atoms with Crippen molar-refractivity contribution in [3.8, 4) is 5.75 Å². The molecule has 2 N–H and O–H groups in total. The van der Waals surface area contributed by atoms with Gasteiger partial charge in [0, 0.05) is 0 Å². The summed E-state index contributed by atoms with van der Waals surface area (Å²) in [6.45, 7) is 1.93. The van der Waals surface area contributed by atoms with E-state index in [9.17, 15) is 9.59 Å². The lowest BCUT2D eigenvalue weighted by atomic mass is 10.1. The molecule has 0 atom stereocenters. The second-order valence-electron chi connectivity index (χ2n) is 5.01. The highest BCUT2D eigenvalue weighted by Gasteiger charge is 2.02. The van der Waals surface area contributed by atoms with Gasteiger partial charge < -0.3 is 9.84 Å². The summed E-state index contributed by atoms with van der Waals surface area (Å²) in [6.07, 6.45) is 2.38. The Morgan fingerprint density at radius 1 is 1.12 bits per heavy atom. The highest BCUT2D eigenvalue weighted by atomic mass is 16.5. The van der Waals surface area contributed by atoms with Gasteiger partial charge >= 0.3 is 5.97 Å². The number of aryl methyl sites for hydroxylation is 1. The maximum absolute atomic E-state index is 11.6. The van der Waals surface area contributed by atoms with Crippen molar-refractivity contribution in [2.24, 2.45) is 5.10 Å². The highest BCUT2D eigenvalue weighted by Crippen LogP contribution is 2.12. The molecule has 0 aliphatic rings. The van der Waals surface area contributed by atoms with Crippen LogP contribution in [0.25, 0.3) is 0 Å². The zero-order valence-corrected chi connectivity index (χ0v) is 13.2. The van der Waals surface area contributed by atoms with Gasteiger partial charge in [0.2, 0.25) is 0 Å². The first-order valence-corrected chi connectivity index (χ1v) is 7.45. The van der Waals surface area contributed by atoms with Gasteiger partial charge in [0.15, 0.2) is 6.61 Å². The topological polar surface area (TPSA) is 88.0 Å². The van der Waals surface area contributed by atoms with Gasteiger partial charge in [0.1, 0.15) is 5.75 Å². The molecule has 0 bridgehead atoms. The Balaban J connectivity index is 1.78. The number of carbonyl (C=O) groups is 2. The number of carboxylic acid groups (broad SMARTS) is 1. The third-order valence-electron chi connectivity index (χ3n) is 3.26. The minimum Gasteiger partial charge on any atom is -0.484 e. The van der Waals surface area contributed by atoms with Gasteiger partial charge in [-0.2, -0.15) is 5.10 Å². The predicted molar refractivity (Wildman–Crippen MR) is 90.5 cm³/mol. The number of aromatic carboxylic acids is 1. The number of carbonyl (C=O) groups excluding carboxylic acids is 1. The van der Waals surface area contributed by atoms with Gasteiger partial charge in [-0.1, -0.05) is 31.2 Å². The van der Waals surface area contributed by atoms with Crippen molar-refractivity contribution >= 4 is 18.1 Å². The van der Waals surface area contributed by atoms with E-state index in [2.05, 4.69) is 17.5 Å². The van der Waals surface area contributed by atoms with Crippen LogP contribution in [-0.2, 0) is 11.2 Å². The maximum Gasteiger partial charge on any atom is 0.335 e. The number of carboxylic acids is 1. The van der Waals surface area contributed by atoms with Crippen LogP contribution in [0, 0.1) is 0 Å². The van der Waals surface area contributed by atoms with E-state index in [-0.39, 0.29) is 18.1 Å². The Morgan fingerprint density at radius 3 is 2.38 bits per heavy atom. The molecule has 1 amide bonds. The summed E-state index contributed by atoms with van der Waals surface area (Å²) < 4.78 is 5.36. The molecule has 0 spiro atoms. The first-order chi connectivity index (χ1) is 11.6. The van der Waals surface area contributed by atoms with Crippen LogP contribution in [0.15, 0.2) is 53.6 Å². The first kappa shape index (κ1) is 17.2. The molecular weight excluding hydrogens is 308 g/mol. The molecule has 0 radical (unpaired) electrons. The molecule has 6 heteroatoms. The van der Waals surface area contributed by atoms with Crippen molar-refractivity contribution in [2.45, 2.75) is 13.3 Å². The predicted octanol–water partition coefficient (Wildman–Crippen LogP) is 2.48. The second-order valence-corrected chi connectivity index (χ2v) is 5.01. The smallest absolute Gasteiger partial charge is 0.335 e. The first-order valence-electron chi connectivity index (χ1n) is 7.45. The number of nitrogens with one attached hydrogen (secondary N) is 1. The summed E-state index contributed by atoms with van der Waals surface area (Å²) in [5.41, 5.74) is 4.42. The standard InChI is InChI=1S/C18H18N2O4/c1-2-13-5-9-16(10-6-13)24-12-17(21)20-19-11-14-3-7-15(8-4-14)18(22)23/h3-11H,2,12H2,1H3,(H,20,21)(H,22,23)/b19-11+. The Bertz CT molecular complexity index is 722. The number of amides is 1. The van der Waals surface area contributed by atoms with Crippen LogP contribution in [0.1, 0.15) is 28.4 Å². The average Bonchev–Trinajstić information content (AvgIpc) is 2.61. The quantitative estimate of drug-likeness (QED) is 0.604. The minimum atomic E-state index is -0.990. The number of nitrogens with zero attached hydrogens (tertiary/aromatic N) is 1. The van der Waals surface area contributed by atoms with Gasteiger partial charge in [0.05, 0.1) is 11.8 Å². The highest BCUT2D eigenvalue weighted by molar-refractivity contribution is 5.89. The normalized spacial score (nSPS) is 10.5. The molecule has 124 valence electrons. The molecule has 0 unspecified atom stereocenters. The summed E-state index contributed by atoms with van der Waals surface area (Å²) in [4.78, 5) is 22.4. The summed E-state index contributed by atoms with van der Waals surface area (Å²) >= 11 is 0. The fraction of sp³-hybridized carbons (Fsp3) is 0.167. The monoisotopic (exact) mass is 326 g/mol. The molecule has 6 nitrogen and oxygen atoms in total. The van der Waals surface area contributed by atoms with E-state index in [1.165, 1.54) is 23.9 Å². The lowest BCUT2D eigenvalue weighted by molar-refractivity contribution is -0.123. The molecule has 0 heterocycles. The number of hydrogen-bond acceptors (Lipinski definition) is 4. The van der Waals surface area contributed by atoms with Gasteiger partial charge in [-0.15, -0.1) is 0 Å². The Labute approximate surface area is 139 Å². The average molecular weight is 326 g/mol. The largest absolute Gasteiger partial charge is 0.484 e. The van der Waals surface area contributed by atoms with Gasteiger partial charge in [0.25, 0.3) is 5.91 Å². The second kappa shape index (κ2) is 8.47. The molecule has 24 heavy (non-hydrogen) atoms. The van der Waals surface area contributed by atoms with E-state index in [1.807, 2.05) is 24.3 Å². The molecular formula is C18H18N2O4. The van der Waals surface area contributed by atoms with Crippen molar-refractivity contribution in [2.75, 3.05) is 6.61 Å². The molecule has 0 saturated carbocycles. The number of rotatable bonds is 7. The lowest BCUT2D eigenvalue weighted by Gasteiger charge is -2.05. The summed E-state index contributed by atoms with van der Waals surface area (Å²) in [5.74, 6) is -0.750. The summed E-state index contributed by atoms with van der Waals surface area (Å²) in [6, 6.07) is 13.7. The van der Waals surface area contributed by atoms with E-state index in [0.717, 1.165) is 6.42 Å². The van der Waals surface area contributed by atoms with Crippen molar-refractivity contribution < 1.29 is 19.4 Å². The van der Waals surface area contributed by atoms with E-state index < -0.39 is 5.97 Å².